The van der Waals surface area contributed by atoms with Crippen molar-refractivity contribution in [3.63, 3.8) is 0 Å². The van der Waals surface area contributed by atoms with Crippen LogP contribution in [0.15, 0.2) is 18.2 Å². The van der Waals surface area contributed by atoms with Crippen LogP contribution in [0.5, 0.6) is 5.75 Å². The average Bonchev–Trinajstić information content (AvgIpc) is 2.62. The van der Waals surface area contributed by atoms with E-state index in [9.17, 15) is 9.59 Å². The summed E-state index contributed by atoms with van der Waals surface area (Å²) in [5, 5.41) is 2.84. The van der Waals surface area contributed by atoms with Crippen molar-refractivity contribution >= 4 is 17.6 Å². The van der Waals surface area contributed by atoms with Crippen LogP contribution in [0.4, 0.5) is 5.69 Å². The number of anilines is 1. The quantitative estimate of drug-likeness (QED) is 0.609. The third-order valence-electron chi connectivity index (χ3n) is 4.36. The smallest absolute Gasteiger partial charge is 0.341 e. The standard InChI is InChI=1S/C21H33NO5/c1-8-15(5)27-18-11-10-16(12-17(18)19(23)26-9-2)22-20(24)21(6,25-7)13-14(3)4/h10-12,14-15H,8-9,13H2,1-7H3,(H,22,24)/t15-,21+/m1/s1. The van der Waals surface area contributed by atoms with Gasteiger partial charge in [0.2, 0.25) is 0 Å². The maximum atomic E-state index is 12.7. The highest BCUT2D eigenvalue weighted by Crippen LogP contribution is 2.27. The minimum Gasteiger partial charge on any atom is -0.490 e. The van der Waals surface area contributed by atoms with Gasteiger partial charge in [-0.3, -0.25) is 4.79 Å². The van der Waals surface area contributed by atoms with Gasteiger partial charge in [0.05, 0.1) is 12.7 Å². The van der Waals surface area contributed by atoms with E-state index in [0.717, 1.165) is 6.42 Å². The Morgan fingerprint density at radius 1 is 1.19 bits per heavy atom. The first-order valence-corrected chi connectivity index (χ1v) is 9.51. The van der Waals surface area contributed by atoms with Crippen molar-refractivity contribution in [2.45, 2.75) is 66.1 Å². The lowest BCUT2D eigenvalue weighted by molar-refractivity contribution is -0.137. The predicted molar refractivity (Wildman–Crippen MR) is 106 cm³/mol. The van der Waals surface area contributed by atoms with Gasteiger partial charge < -0.3 is 19.5 Å². The summed E-state index contributed by atoms with van der Waals surface area (Å²) in [6.07, 6.45) is 1.35. The van der Waals surface area contributed by atoms with E-state index in [4.69, 9.17) is 14.2 Å². The van der Waals surface area contributed by atoms with Gasteiger partial charge in [-0.2, -0.15) is 0 Å². The van der Waals surface area contributed by atoms with Crippen molar-refractivity contribution in [1.82, 2.24) is 0 Å². The van der Waals surface area contributed by atoms with Gasteiger partial charge in [-0.1, -0.05) is 20.8 Å². The number of ether oxygens (including phenoxy) is 3. The number of carbonyl (C=O) groups excluding carboxylic acids is 2. The lowest BCUT2D eigenvalue weighted by Crippen LogP contribution is -2.43. The van der Waals surface area contributed by atoms with Crippen molar-refractivity contribution in [3.05, 3.63) is 23.8 Å². The Balaban J connectivity index is 3.13. The molecule has 1 aromatic rings. The van der Waals surface area contributed by atoms with E-state index in [-0.39, 0.29) is 24.2 Å². The largest absolute Gasteiger partial charge is 0.490 e. The van der Waals surface area contributed by atoms with Crippen LogP contribution < -0.4 is 10.1 Å². The normalized spacial score (nSPS) is 14.4. The Hall–Kier alpha value is -2.08. The molecule has 6 nitrogen and oxygen atoms in total. The Kier molecular flexibility index (Phi) is 8.76. The molecule has 0 spiro atoms. The molecule has 0 aliphatic carbocycles. The van der Waals surface area contributed by atoms with Gasteiger partial charge in [0.1, 0.15) is 16.9 Å². The highest BCUT2D eigenvalue weighted by molar-refractivity contribution is 5.99. The summed E-state index contributed by atoms with van der Waals surface area (Å²) in [6.45, 7) is 11.8. The summed E-state index contributed by atoms with van der Waals surface area (Å²) >= 11 is 0. The summed E-state index contributed by atoms with van der Waals surface area (Å²) in [5.41, 5.74) is -0.172. The van der Waals surface area contributed by atoms with Crippen molar-refractivity contribution < 1.29 is 23.8 Å². The molecule has 2 atom stereocenters. The second-order valence-corrected chi connectivity index (χ2v) is 7.26. The van der Waals surface area contributed by atoms with E-state index < -0.39 is 11.6 Å². The minimum absolute atomic E-state index is 0.0403. The van der Waals surface area contributed by atoms with Gasteiger partial charge in [-0.15, -0.1) is 0 Å². The van der Waals surface area contributed by atoms with Crippen LogP contribution in [0.1, 0.15) is 64.7 Å². The van der Waals surface area contributed by atoms with Gasteiger partial charge in [0, 0.05) is 12.8 Å². The van der Waals surface area contributed by atoms with Crippen LogP contribution in [0, 0.1) is 5.92 Å². The molecule has 27 heavy (non-hydrogen) atoms. The van der Waals surface area contributed by atoms with Crippen LogP contribution in [0.25, 0.3) is 0 Å². The Morgan fingerprint density at radius 2 is 1.85 bits per heavy atom. The fraction of sp³-hybridized carbons (Fsp3) is 0.619. The molecule has 0 bridgehead atoms. The fourth-order valence-corrected chi connectivity index (χ4v) is 2.69. The molecule has 1 aromatic carbocycles. The van der Waals surface area contributed by atoms with E-state index in [1.807, 2.05) is 27.7 Å². The molecule has 0 heterocycles. The van der Waals surface area contributed by atoms with Crippen molar-refractivity contribution in [2.75, 3.05) is 19.0 Å². The third kappa shape index (κ3) is 6.54. The van der Waals surface area contributed by atoms with Gasteiger partial charge in [0.15, 0.2) is 0 Å². The first-order chi connectivity index (χ1) is 12.7. The topological polar surface area (TPSA) is 73.9 Å². The zero-order valence-electron chi connectivity index (χ0n) is 17.5. The Labute approximate surface area is 162 Å². The molecule has 0 aromatic heterocycles. The fourth-order valence-electron chi connectivity index (χ4n) is 2.69. The van der Waals surface area contributed by atoms with Crippen LogP contribution >= 0.6 is 0 Å². The summed E-state index contributed by atoms with van der Waals surface area (Å²) in [4.78, 5) is 25.1. The predicted octanol–water partition coefficient (Wildman–Crippen LogP) is 4.43. The van der Waals surface area contributed by atoms with Crippen molar-refractivity contribution in [2.24, 2.45) is 5.92 Å². The Bertz CT molecular complexity index is 643. The maximum Gasteiger partial charge on any atom is 0.341 e. The Morgan fingerprint density at radius 3 is 2.37 bits per heavy atom. The number of carbonyl (C=O) groups is 2. The number of hydrogen-bond acceptors (Lipinski definition) is 5. The lowest BCUT2D eigenvalue weighted by Gasteiger charge is -2.28. The zero-order chi connectivity index (χ0) is 20.6. The molecular weight excluding hydrogens is 346 g/mol. The molecule has 1 rings (SSSR count). The molecule has 0 saturated heterocycles. The summed E-state index contributed by atoms with van der Waals surface area (Å²) in [5.74, 6) is -0.00716. The maximum absolute atomic E-state index is 12.7. The molecule has 0 fully saturated rings. The first-order valence-electron chi connectivity index (χ1n) is 9.51. The average molecular weight is 379 g/mol. The van der Waals surface area contributed by atoms with E-state index in [2.05, 4.69) is 5.32 Å². The molecule has 0 radical (unpaired) electrons. The van der Waals surface area contributed by atoms with Crippen molar-refractivity contribution in [1.29, 1.82) is 0 Å². The number of rotatable bonds is 10. The monoisotopic (exact) mass is 379 g/mol. The molecule has 1 amide bonds. The molecule has 0 unspecified atom stereocenters. The highest BCUT2D eigenvalue weighted by atomic mass is 16.5. The number of benzene rings is 1. The minimum atomic E-state index is -0.954. The molecule has 152 valence electrons. The van der Waals surface area contributed by atoms with E-state index >= 15 is 0 Å². The number of amides is 1. The molecule has 6 heteroatoms. The SMILES string of the molecule is CCOC(=O)c1cc(NC(=O)[C@](C)(CC(C)C)OC)ccc1O[C@H](C)CC. The summed E-state index contributed by atoms with van der Waals surface area (Å²) in [6, 6.07) is 4.98. The highest BCUT2D eigenvalue weighted by Gasteiger charge is 2.34. The van der Waals surface area contributed by atoms with Gasteiger partial charge in [-0.05, 0) is 57.7 Å². The number of hydrogen-bond donors (Lipinski definition) is 1. The number of esters is 1. The van der Waals surface area contributed by atoms with Gasteiger partial charge >= 0.3 is 5.97 Å². The first kappa shape index (κ1) is 23.0. The van der Waals surface area contributed by atoms with Crippen LogP contribution in [-0.4, -0.2) is 37.3 Å². The van der Waals surface area contributed by atoms with E-state index in [0.29, 0.717) is 23.8 Å². The van der Waals surface area contributed by atoms with Crippen LogP contribution in [0.3, 0.4) is 0 Å². The van der Waals surface area contributed by atoms with Gasteiger partial charge in [0.25, 0.3) is 5.91 Å². The van der Waals surface area contributed by atoms with E-state index in [1.54, 1.807) is 32.0 Å². The third-order valence-corrected chi connectivity index (χ3v) is 4.36. The lowest BCUT2D eigenvalue weighted by atomic mass is 9.93. The molecule has 0 aliphatic rings. The molecule has 0 aliphatic heterocycles. The van der Waals surface area contributed by atoms with Gasteiger partial charge in [-0.25, -0.2) is 4.79 Å². The number of nitrogens with one attached hydrogen (secondary N) is 1. The zero-order valence-corrected chi connectivity index (χ0v) is 17.5. The van der Waals surface area contributed by atoms with Crippen LogP contribution in [-0.2, 0) is 14.3 Å². The summed E-state index contributed by atoms with van der Waals surface area (Å²) in [7, 11) is 1.52. The molecule has 0 saturated carbocycles. The van der Waals surface area contributed by atoms with Crippen molar-refractivity contribution in [3.8, 4) is 5.75 Å². The van der Waals surface area contributed by atoms with Crippen LogP contribution in [0.2, 0.25) is 0 Å². The second-order valence-electron chi connectivity index (χ2n) is 7.26. The molecular formula is C21H33NO5. The van der Waals surface area contributed by atoms with E-state index in [1.165, 1.54) is 7.11 Å². The summed E-state index contributed by atoms with van der Waals surface area (Å²) < 4.78 is 16.4. The number of methoxy groups -OCH3 is 1. The second kappa shape index (κ2) is 10.3. The molecule has 1 N–H and O–H groups in total.